The molecule has 0 aliphatic heterocycles. The first-order valence-corrected chi connectivity index (χ1v) is 9.01. The number of unbranched alkanes of at least 4 members (excludes halogenated alkanes) is 6. The number of rotatable bonds is 11. The highest BCUT2D eigenvalue weighted by atomic mass is 35.5. The van der Waals surface area contributed by atoms with E-state index in [9.17, 15) is 0 Å². The third-order valence-electron chi connectivity index (χ3n) is 4.35. The van der Waals surface area contributed by atoms with Crippen molar-refractivity contribution in [1.29, 1.82) is 0 Å². The molecule has 0 radical (unpaired) electrons. The van der Waals surface area contributed by atoms with Crippen LogP contribution < -0.4 is 0 Å². The van der Waals surface area contributed by atoms with Crippen molar-refractivity contribution in [2.75, 3.05) is 0 Å². The first kappa shape index (κ1) is 18.5. The van der Waals surface area contributed by atoms with Crippen LogP contribution in [0.3, 0.4) is 0 Å². The Morgan fingerprint density at radius 3 is 1.95 bits per heavy atom. The Kier molecular flexibility index (Phi) is 8.31. The van der Waals surface area contributed by atoms with Gasteiger partial charge in [-0.3, -0.25) is 0 Å². The summed E-state index contributed by atoms with van der Waals surface area (Å²) in [6.07, 6.45) is 12.6. The number of hydrogen-bond donors (Lipinski definition) is 0. The van der Waals surface area contributed by atoms with Gasteiger partial charge in [0.25, 0.3) is 0 Å². The van der Waals surface area contributed by atoms with Crippen LogP contribution in [0, 0.1) is 6.92 Å². The van der Waals surface area contributed by atoms with Crippen molar-refractivity contribution >= 4 is 11.6 Å². The lowest BCUT2D eigenvalue weighted by atomic mass is 9.89. The minimum atomic E-state index is 0.0132. The maximum Gasteiger partial charge on any atom is 0.174 e. The molecule has 1 aromatic rings. The van der Waals surface area contributed by atoms with Crippen LogP contribution in [0.1, 0.15) is 90.7 Å². The molecule has 1 heterocycles. The van der Waals surface area contributed by atoms with Crippen LogP contribution in [-0.2, 0) is 5.54 Å². The summed E-state index contributed by atoms with van der Waals surface area (Å²) in [6, 6.07) is 0. The molecule has 1 unspecified atom stereocenters. The van der Waals surface area contributed by atoms with Gasteiger partial charge in [0.1, 0.15) is 0 Å². The molecule has 0 amide bonds. The van der Waals surface area contributed by atoms with Gasteiger partial charge in [0.2, 0.25) is 0 Å². The van der Waals surface area contributed by atoms with Crippen LogP contribution in [-0.4, -0.2) is 15.0 Å². The summed E-state index contributed by atoms with van der Waals surface area (Å²) in [5.74, 6) is 0. The highest BCUT2D eigenvalue weighted by Gasteiger charge is 2.28. The van der Waals surface area contributed by atoms with E-state index >= 15 is 0 Å². The van der Waals surface area contributed by atoms with Gasteiger partial charge >= 0.3 is 0 Å². The van der Waals surface area contributed by atoms with Gasteiger partial charge < -0.3 is 0 Å². The topological polar surface area (TPSA) is 30.7 Å². The Hall–Kier alpha value is -0.570. The van der Waals surface area contributed by atoms with Crippen molar-refractivity contribution in [2.45, 2.75) is 97.4 Å². The van der Waals surface area contributed by atoms with Crippen molar-refractivity contribution in [2.24, 2.45) is 0 Å². The average molecular weight is 314 g/mol. The van der Waals surface area contributed by atoms with Crippen molar-refractivity contribution in [1.82, 2.24) is 15.0 Å². The van der Waals surface area contributed by atoms with Gasteiger partial charge in [-0.05, 0) is 26.7 Å². The second kappa shape index (κ2) is 9.45. The van der Waals surface area contributed by atoms with Crippen LogP contribution in [0.5, 0.6) is 0 Å². The lowest BCUT2D eigenvalue weighted by Crippen LogP contribution is -2.32. The molecule has 21 heavy (non-hydrogen) atoms. The second-order valence-corrected chi connectivity index (χ2v) is 6.84. The molecule has 122 valence electrons. The second-order valence-electron chi connectivity index (χ2n) is 6.48. The fraction of sp³-hybridized carbons (Fsp3) is 0.882. The lowest BCUT2D eigenvalue weighted by molar-refractivity contribution is 0.200. The molecule has 1 atom stereocenters. The highest BCUT2D eigenvalue weighted by Crippen LogP contribution is 2.30. The van der Waals surface area contributed by atoms with E-state index in [0.29, 0.717) is 5.15 Å². The normalized spacial score (nSPS) is 14.3. The van der Waals surface area contributed by atoms with E-state index in [-0.39, 0.29) is 5.54 Å². The van der Waals surface area contributed by atoms with Gasteiger partial charge in [-0.1, -0.05) is 76.8 Å². The molecule has 1 rings (SSSR count). The summed E-state index contributed by atoms with van der Waals surface area (Å²) in [5.41, 5.74) is 0.851. The van der Waals surface area contributed by atoms with Gasteiger partial charge in [0.15, 0.2) is 5.15 Å². The van der Waals surface area contributed by atoms with E-state index in [1.165, 1.54) is 51.4 Å². The van der Waals surface area contributed by atoms with E-state index in [0.717, 1.165) is 18.5 Å². The van der Waals surface area contributed by atoms with Crippen molar-refractivity contribution < 1.29 is 0 Å². The quantitative estimate of drug-likeness (QED) is 0.476. The van der Waals surface area contributed by atoms with Gasteiger partial charge in [0.05, 0.1) is 11.2 Å². The van der Waals surface area contributed by atoms with Crippen molar-refractivity contribution in [3.05, 3.63) is 10.8 Å². The Morgan fingerprint density at radius 2 is 1.43 bits per heavy atom. The molecule has 0 aliphatic rings. The summed E-state index contributed by atoms with van der Waals surface area (Å²) < 4.78 is 0. The van der Waals surface area contributed by atoms with Gasteiger partial charge in [-0.2, -0.15) is 9.90 Å². The summed E-state index contributed by atoms with van der Waals surface area (Å²) in [4.78, 5) is 1.89. The summed E-state index contributed by atoms with van der Waals surface area (Å²) in [7, 11) is 0. The smallest absolute Gasteiger partial charge is 0.174 e. The van der Waals surface area contributed by atoms with Crippen molar-refractivity contribution in [3.8, 4) is 0 Å². The van der Waals surface area contributed by atoms with Gasteiger partial charge in [0, 0.05) is 0 Å². The molecule has 0 bridgehead atoms. The van der Waals surface area contributed by atoms with Gasteiger partial charge in [-0.25, -0.2) is 0 Å². The SMILES string of the molecule is CCCCCCCC(C)(CCCCC)n1nc(C)c(Cl)n1. The minimum absolute atomic E-state index is 0.0132. The summed E-state index contributed by atoms with van der Waals surface area (Å²) in [5, 5.41) is 9.54. The molecule has 1 aromatic heterocycles. The molecule has 0 saturated heterocycles. The Morgan fingerprint density at radius 1 is 0.905 bits per heavy atom. The predicted molar refractivity (Wildman–Crippen MR) is 90.9 cm³/mol. The number of aromatic nitrogens is 3. The molecule has 0 saturated carbocycles. The highest BCUT2D eigenvalue weighted by molar-refractivity contribution is 6.29. The van der Waals surface area contributed by atoms with E-state index in [1.807, 2.05) is 11.7 Å². The van der Waals surface area contributed by atoms with Gasteiger partial charge in [-0.15, -0.1) is 5.10 Å². The van der Waals surface area contributed by atoms with Crippen LogP contribution in [0.25, 0.3) is 0 Å². The number of nitrogens with zero attached hydrogens (tertiary/aromatic N) is 3. The standard InChI is InChI=1S/C17H32ClN3/c1-5-7-9-10-12-14-17(4,13-11-8-6-2)21-19-15(3)16(18)20-21/h5-14H2,1-4H3. The van der Waals surface area contributed by atoms with E-state index < -0.39 is 0 Å². The summed E-state index contributed by atoms with van der Waals surface area (Å²) >= 11 is 6.10. The minimum Gasteiger partial charge on any atom is -0.177 e. The first-order chi connectivity index (χ1) is 10.0. The van der Waals surface area contributed by atoms with E-state index in [1.54, 1.807) is 0 Å². The molecule has 4 heteroatoms. The molecule has 3 nitrogen and oxygen atoms in total. The Bertz CT molecular complexity index is 383. The summed E-state index contributed by atoms with van der Waals surface area (Å²) in [6.45, 7) is 8.72. The largest absolute Gasteiger partial charge is 0.177 e. The molecule has 0 spiro atoms. The van der Waals surface area contributed by atoms with E-state index in [2.05, 4.69) is 31.0 Å². The third kappa shape index (κ3) is 5.98. The third-order valence-corrected chi connectivity index (χ3v) is 4.70. The van der Waals surface area contributed by atoms with Crippen molar-refractivity contribution in [3.63, 3.8) is 0 Å². The fourth-order valence-corrected chi connectivity index (χ4v) is 2.90. The van der Waals surface area contributed by atoms with Crippen LogP contribution >= 0.6 is 11.6 Å². The molecule has 0 fully saturated rings. The molecule has 0 aromatic carbocycles. The monoisotopic (exact) mass is 313 g/mol. The van der Waals surface area contributed by atoms with Crippen LogP contribution in [0.15, 0.2) is 0 Å². The zero-order valence-electron chi connectivity index (χ0n) is 14.3. The molecule has 0 aliphatic carbocycles. The molecular weight excluding hydrogens is 282 g/mol. The molecule has 0 N–H and O–H groups in total. The Labute approximate surface area is 135 Å². The number of aryl methyl sites for hydroxylation is 1. The zero-order chi connectivity index (χ0) is 15.7. The fourth-order valence-electron chi connectivity index (χ4n) is 2.79. The maximum absolute atomic E-state index is 6.10. The number of halogens is 1. The first-order valence-electron chi connectivity index (χ1n) is 8.63. The van der Waals surface area contributed by atoms with E-state index in [4.69, 9.17) is 11.6 Å². The zero-order valence-corrected chi connectivity index (χ0v) is 15.0. The molecular formula is C17H32ClN3. The average Bonchev–Trinajstić information content (AvgIpc) is 2.79. The maximum atomic E-state index is 6.10. The number of hydrogen-bond acceptors (Lipinski definition) is 2. The van der Waals surface area contributed by atoms with Crippen LogP contribution in [0.2, 0.25) is 5.15 Å². The lowest BCUT2D eigenvalue weighted by Gasteiger charge is -2.29. The predicted octanol–water partition coefficient (Wildman–Crippen LogP) is 5.90. The van der Waals surface area contributed by atoms with Crippen LogP contribution in [0.4, 0.5) is 0 Å². The Balaban J connectivity index is 2.65.